The number of anilines is 1. The first kappa shape index (κ1) is 13.8. The van der Waals surface area contributed by atoms with E-state index in [0.29, 0.717) is 6.07 Å². The SMILES string of the molecule is N#Cc1c(F)cc(Cc2nc(N)n[nH]2)cc1C(F)(F)F. The van der Waals surface area contributed by atoms with Crippen LogP contribution in [0.1, 0.15) is 22.5 Å². The van der Waals surface area contributed by atoms with Crippen molar-refractivity contribution in [2.75, 3.05) is 5.73 Å². The normalized spacial score (nSPS) is 11.3. The van der Waals surface area contributed by atoms with Gasteiger partial charge in [-0.3, -0.25) is 5.10 Å². The standard InChI is InChI=1S/C11H7F4N5/c12-8-2-5(3-9-18-10(17)20-19-9)1-7(6(8)4-16)11(13,14)15/h1-2H,3H2,(H3,17,18,19,20). The number of aromatic nitrogens is 3. The van der Waals surface area contributed by atoms with Gasteiger partial charge in [0.2, 0.25) is 5.95 Å². The van der Waals surface area contributed by atoms with Crippen LogP contribution < -0.4 is 5.73 Å². The van der Waals surface area contributed by atoms with E-state index in [0.717, 1.165) is 6.07 Å². The molecule has 2 rings (SSSR count). The van der Waals surface area contributed by atoms with Crippen molar-refractivity contribution in [2.24, 2.45) is 0 Å². The van der Waals surface area contributed by atoms with Gasteiger partial charge in [0.25, 0.3) is 0 Å². The Labute approximate surface area is 110 Å². The number of halogens is 4. The van der Waals surface area contributed by atoms with Crippen LogP contribution >= 0.6 is 0 Å². The Bertz CT molecular complexity index is 683. The van der Waals surface area contributed by atoms with Crippen molar-refractivity contribution in [3.63, 3.8) is 0 Å². The fourth-order valence-corrected chi connectivity index (χ4v) is 1.68. The number of nitrogens with two attached hydrogens (primary N) is 1. The Morgan fingerprint density at radius 1 is 1.35 bits per heavy atom. The number of hydrogen-bond donors (Lipinski definition) is 2. The van der Waals surface area contributed by atoms with E-state index in [9.17, 15) is 17.6 Å². The van der Waals surface area contributed by atoms with Crippen LogP contribution in [0.5, 0.6) is 0 Å². The summed E-state index contributed by atoms with van der Waals surface area (Å²) >= 11 is 0. The van der Waals surface area contributed by atoms with Crippen LogP contribution in [0.15, 0.2) is 12.1 Å². The first-order valence-corrected chi connectivity index (χ1v) is 5.27. The Hall–Kier alpha value is -2.63. The van der Waals surface area contributed by atoms with Crippen LogP contribution in [0.2, 0.25) is 0 Å². The summed E-state index contributed by atoms with van der Waals surface area (Å²) in [6.07, 6.45) is -4.93. The van der Waals surface area contributed by atoms with Crippen LogP contribution in [0.25, 0.3) is 0 Å². The molecule has 0 radical (unpaired) electrons. The minimum atomic E-state index is -4.82. The van der Waals surface area contributed by atoms with Gasteiger partial charge in [0, 0.05) is 6.42 Å². The average molecular weight is 285 g/mol. The number of H-pyrrole nitrogens is 1. The first-order valence-electron chi connectivity index (χ1n) is 5.27. The largest absolute Gasteiger partial charge is 0.417 e. The van der Waals surface area contributed by atoms with Crippen LogP contribution in [0, 0.1) is 17.1 Å². The molecule has 0 atom stereocenters. The number of alkyl halides is 3. The number of nitriles is 1. The summed E-state index contributed by atoms with van der Waals surface area (Å²) in [7, 11) is 0. The molecule has 20 heavy (non-hydrogen) atoms. The van der Waals surface area contributed by atoms with Gasteiger partial charge in [-0.15, -0.1) is 5.10 Å². The predicted molar refractivity (Wildman–Crippen MR) is 59.7 cm³/mol. The number of benzene rings is 1. The summed E-state index contributed by atoms with van der Waals surface area (Å²) in [5.74, 6) is -1.10. The number of nitrogens with zero attached hydrogens (tertiary/aromatic N) is 3. The fraction of sp³-hybridized carbons (Fsp3) is 0.182. The molecule has 0 unspecified atom stereocenters. The summed E-state index contributed by atoms with van der Waals surface area (Å²) in [5, 5.41) is 14.5. The lowest BCUT2D eigenvalue weighted by molar-refractivity contribution is -0.138. The lowest BCUT2D eigenvalue weighted by atomic mass is 10.0. The molecule has 2 aromatic rings. The van der Waals surface area contributed by atoms with E-state index in [1.165, 1.54) is 6.07 Å². The second-order valence-electron chi connectivity index (χ2n) is 3.93. The maximum absolute atomic E-state index is 13.6. The zero-order valence-electron chi connectivity index (χ0n) is 9.79. The van der Waals surface area contributed by atoms with Crippen LogP contribution in [-0.2, 0) is 12.6 Å². The summed E-state index contributed by atoms with van der Waals surface area (Å²) in [5.41, 5.74) is 2.91. The average Bonchev–Trinajstić information content (AvgIpc) is 2.73. The molecule has 1 aromatic heterocycles. The molecule has 0 saturated carbocycles. The Kier molecular flexibility index (Phi) is 3.31. The van der Waals surface area contributed by atoms with Crippen LogP contribution in [-0.4, -0.2) is 15.2 Å². The number of aromatic amines is 1. The maximum Gasteiger partial charge on any atom is 0.417 e. The molecule has 0 aliphatic carbocycles. The first-order chi connectivity index (χ1) is 9.31. The van der Waals surface area contributed by atoms with E-state index in [1.807, 2.05) is 0 Å². The van der Waals surface area contributed by atoms with Gasteiger partial charge in [-0.25, -0.2) is 4.39 Å². The molecule has 0 amide bonds. The van der Waals surface area contributed by atoms with Gasteiger partial charge in [0.05, 0.1) is 11.1 Å². The van der Waals surface area contributed by atoms with Crippen LogP contribution in [0.3, 0.4) is 0 Å². The third-order valence-corrected chi connectivity index (χ3v) is 2.49. The molecule has 0 aliphatic rings. The van der Waals surface area contributed by atoms with Gasteiger partial charge < -0.3 is 5.73 Å². The number of hydrogen-bond acceptors (Lipinski definition) is 4. The highest BCUT2D eigenvalue weighted by molar-refractivity contribution is 5.44. The zero-order valence-corrected chi connectivity index (χ0v) is 9.79. The van der Waals surface area contributed by atoms with E-state index in [2.05, 4.69) is 15.2 Å². The minimum Gasteiger partial charge on any atom is -0.367 e. The lowest BCUT2D eigenvalue weighted by Crippen LogP contribution is -2.10. The highest BCUT2D eigenvalue weighted by atomic mass is 19.4. The van der Waals surface area contributed by atoms with Crippen molar-refractivity contribution in [1.29, 1.82) is 5.26 Å². The molecular formula is C11H7F4N5. The molecule has 0 fully saturated rings. The molecule has 0 bridgehead atoms. The summed E-state index contributed by atoms with van der Waals surface area (Å²) < 4.78 is 51.8. The van der Waals surface area contributed by atoms with E-state index in [4.69, 9.17) is 11.0 Å². The zero-order chi connectivity index (χ0) is 14.9. The second kappa shape index (κ2) is 4.80. The van der Waals surface area contributed by atoms with Gasteiger partial charge in [0.1, 0.15) is 17.7 Å². The lowest BCUT2D eigenvalue weighted by Gasteiger charge is -2.11. The quantitative estimate of drug-likeness (QED) is 0.826. The van der Waals surface area contributed by atoms with E-state index in [-0.39, 0.29) is 23.8 Å². The molecular weight excluding hydrogens is 278 g/mol. The van der Waals surface area contributed by atoms with Gasteiger partial charge >= 0.3 is 6.18 Å². The van der Waals surface area contributed by atoms with E-state index in [1.54, 1.807) is 0 Å². The van der Waals surface area contributed by atoms with Gasteiger partial charge in [-0.05, 0) is 17.7 Å². The van der Waals surface area contributed by atoms with E-state index < -0.39 is 23.1 Å². The molecule has 0 aliphatic heterocycles. The Balaban J connectivity index is 2.46. The molecule has 3 N–H and O–H groups in total. The van der Waals surface area contributed by atoms with E-state index >= 15 is 0 Å². The highest BCUT2D eigenvalue weighted by Gasteiger charge is 2.35. The Morgan fingerprint density at radius 3 is 2.55 bits per heavy atom. The van der Waals surface area contributed by atoms with Crippen molar-refractivity contribution in [3.05, 3.63) is 40.5 Å². The second-order valence-corrected chi connectivity index (χ2v) is 3.93. The summed E-state index contributed by atoms with van der Waals surface area (Å²) in [6, 6.07) is 2.78. The molecule has 0 saturated heterocycles. The number of nitrogens with one attached hydrogen (secondary N) is 1. The molecule has 1 aromatic carbocycles. The summed E-state index contributed by atoms with van der Waals surface area (Å²) in [4.78, 5) is 3.71. The molecule has 1 heterocycles. The minimum absolute atomic E-state index is 0.00461. The monoisotopic (exact) mass is 285 g/mol. The molecule has 9 heteroatoms. The molecule has 0 spiro atoms. The topological polar surface area (TPSA) is 91.4 Å². The van der Waals surface area contributed by atoms with Gasteiger partial charge in [0.15, 0.2) is 0 Å². The maximum atomic E-state index is 13.6. The van der Waals surface area contributed by atoms with Crippen molar-refractivity contribution in [3.8, 4) is 6.07 Å². The predicted octanol–water partition coefficient (Wildman–Crippen LogP) is 2.01. The fourth-order valence-electron chi connectivity index (χ4n) is 1.68. The van der Waals surface area contributed by atoms with Gasteiger partial charge in [-0.2, -0.15) is 23.4 Å². The Morgan fingerprint density at radius 2 is 2.05 bits per heavy atom. The van der Waals surface area contributed by atoms with Crippen molar-refractivity contribution in [1.82, 2.24) is 15.2 Å². The summed E-state index contributed by atoms with van der Waals surface area (Å²) in [6.45, 7) is 0. The van der Waals surface area contributed by atoms with Crippen molar-refractivity contribution >= 4 is 5.95 Å². The highest BCUT2D eigenvalue weighted by Crippen LogP contribution is 2.34. The smallest absolute Gasteiger partial charge is 0.367 e. The molecule has 104 valence electrons. The number of nitrogen functional groups attached to an aromatic ring is 1. The van der Waals surface area contributed by atoms with Crippen molar-refractivity contribution < 1.29 is 17.6 Å². The third-order valence-electron chi connectivity index (χ3n) is 2.49. The van der Waals surface area contributed by atoms with Gasteiger partial charge in [-0.1, -0.05) is 0 Å². The molecule has 5 nitrogen and oxygen atoms in total. The van der Waals surface area contributed by atoms with Crippen molar-refractivity contribution in [2.45, 2.75) is 12.6 Å². The van der Waals surface area contributed by atoms with Crippen LogP contribution in [0.4, 0.5) is 23.5 Å². The third kappa shape index (κ3) is 2.69. The number of rotatable bonds is 2.